The quantitative estimate of drug-likeness (QED) is 0.901. The summed E-state index contributed by atoms with van der Waals surface area (Å²) in [4.78, 5) is 2.14. The lowest BCUT2D eigenvalue weighted by atomic mass is 10.0. The smallest absolute Gasteiger partial charge is 0.269 e. The van der Waals surface area contributed by atoms with Crippen molar-refractivity contribution in [2.24, 2.45) is 0 Å². The maximum absolute atomic E-state index is 12.5. The molecule has 0 radical (unpaired) electrons. The van der Waals surface area contributed by atoms with Crippen molar-refractivity contribution in [3.63, 3.8) is 0 Å². The maximum atomic E-state index is 12.5. The zero-order valence-corrected chi connectivity index (χ0v) is 11.5. The van der Waals surface area contributed by atoms with Gasteiger partial charge in [-0.2, -0.15) is 8.78 Å². The van der Waals surface area contributed by atoms with Crippen molar-refractivity contribution in [2.45, 2.75) is 18.9 Å². The lowest BCUT2D eigenvalue weighted by Gasteiger charge is -2.30. The van der Waals surface area contributed by atoms with Crippen LogP contribution in [0.4, 0.5) is 14.5 Å². The van der Waals surface area contributed by atoms with Crippen LogP contribution in [0.25, 0.3) is 0 Å². The van der Waals surface area contributed by atoms with Gasteiger partial charge in [0.25, 0.3) is 6.08 Å². The van der Waals surface area contributed by atoms with Gasteiger partial charge in [-0.1, -0.05) is 6.07 Å². The zero-order chi connectivity index (χ0) is 14.1. The van der Waals surface area contributed by atoms with Crippen LogP contribution < -0.4 is 15.0 Å². The first-order valence-electron chi connectivity index (χ1n) is 6.91. The third-order valence-corrected chi connectivity index (χ3v) is 4.13. The van der Waals surface area contributed by atoms with Crippen LogP contribution in [0.5, 0.6) is 5.75 Å². The number of benzene rings is 1. The molecule has 1 aromatic rings. The number of halogens is 2. The molecule has 0 amide bonds. The summed E-state index contributed by atoms with van der Waals surface area (Å²) in [5.41, 5.74) is 2.52. The largest absolute Gasteiger partial charge is 0.491 e. The molecular formula is C15H18F2N2O. The van der Waals surface area contributed by atoms with Gasteiger partial charge in [0.2, 0.25) is 0 Å². The molecule has 0 aromatic heterocycles. The van der Waals surface area contributed by atoms with E-state index in [4.69, 9.17) is 4.74 Å². The molecule has 0 aliphatic carbocycles. The van der Waals surface area contributed by atoms with Crippen molar-refractivity contribution in [1.29, 1.82) is 0 Å². The topological polar surface area (TPSA) is 24.5 Å². The van der Waals surface area contributed by atoms with E-state index in [1.54, 1.807) is 0 Å². The fourth-order valence-corrected chi connectivity index (χ4v) is 2.86. The molecule has 5 heteroatoms. The molecule has 108 valence electrons. The molecule has 1 N–H and O–H groups in total. The summed E-state index contributed by atoms with van der Waals surface area (Å²) < 4.78 is 30.8. The molecule has 0 bridgehead atoms. The van der Waals surface area contributed by atoms with Crippen molar-refractivity contribution in [1.82, 2.24) is 5.32 Å². The molecule has 0 spiro atoms. The molecule has 1 saturated heterocycles. The van der Waals surface area contributed by atoms with Gasteiger partial charge in [-0.15, -0.1) is 0 Å². The molecule has 1 unspecified atom stereocenters. The molecule has 3 nitrogen and oxygen atoms in total. The monoisotopic (exact) mass is 280 g/mol. The Balaban J connectivity index is 1.75. The van der Waals surface area contributed by atoms with E-state index in [-0.39, 0.29) is 6.04 Å². The molecule has 2 aliphatic heterocycles. The normalized spacial score (nSPS) is 21.6. The number of likely N-dealkylation sites (N-methyl/N-ethyl adjacent to an activating group) is 1. The van der Waals surface area contributed by atoms with E-state index >= 15 is 0 Å². The van der Waals surface area contributed by atoms with Crippen LogP contribution in [0.1, 0.15) is 24.4 Å². The van der Waals surface area contributed by atoms with Gasteiger partial charge in [0.1, 0.15) is 12.4 Å². The predicted molar refractivity (Wildman–Crippen MR) is 74.4 cm³/mol. The maximum Gasteiger partial charge on any atom is 0.269 e. The Kier molecular flexibility index (Phi) is 3.61. The summed E-state index contributed by atoms with van der Waals surface area (Å²) in [6.07, 6.45) is -0.613. The Labute approximate surface area is 117 Å². The number of hydrogen-bond donors (Lipinski definition) is 1. The molecule has 1 atom stereocenters. The first kappa shape index (κ1) is 13.4. The Morgan fingerprint density at radius 2 is 2.05 bits per heavy atom. The van der Waals surface area contributed by atoms with E-state index in [0.29, 0.717) is 38.1 Å². The number of anilines is 1. The number of nitrogens with one attached hydrogen (secondary N) is 1. The van der Waals surface area contributed by atoms with Gasteiger partial charge in [-0.25, -0.2) is 0 Å². The summed E-state index contributed by atoms with van der Waals surface area (Å²) in [5, 5.41) is 3.21. The average Bonchev–Trinajstić information content (AvgIpc) is 2.89. The molecule has 20 heavy (non-hydrogen) atoms. The van der Waals surface area contributed by atoms with Crippen molar-refractivity contribution < 1.29 is 13.5 Å². The minimum Gasteiger partial charge on any atom is -0.491 e. The van der Waals surface area contributed by atoms with Crippen molar-refractivity contribution in [3.8, 4) is 5.75 Å². The van der Waals surface area contributed by atoms with E-state index in [1.165, 1.54) is 5.56 Å². The zero-order valence-electron chi connectivity index (χ0n) is 11.5. The first-order chi connectivity index (χ1) is 9.69. The average molecular weight is 280 g/mol. The van der Waals surface area contributed by atoms with Gasteiger partial charge < -0.3 is 15.0 Å². The van der Waals surface area contributed by atoms with Gasteiger partial charge in [-0.05, 0) is 31.5 Å². The van der Waals surface area contributed by atoms with Crippen molar-refractivity contribution in [2.75, 3.05) is 31.6 Å². The van der Waals surface area contributed by atoms with Crippen LogP contribution in [0.2, 0.25) is 0 Å². The van der Waals surface area contributed by atoms with Crippen LogP contribution in [0.15, 0.2) is 29.9 Å². The van der Waals surface area contributed by atoms with Crippen LogP contribution >= 0.6 is 0 Å². The lowest BCUT2D eigenvalue weighted by molar-refractivity contribution is 0.318. The van der Waals surface area contributed by atoms with E-state index in [0.717, 1.165) is 11.4 Å². The molecule has 2 heterocycles. The standard InChI is InChI=1S/C15H18F2N2O/c1-18-13-9-20-14-8-11(2-3-12(13)14)19-6-4-10(5-7-19)15(16)17/h2-3,8,13,18H,4-7,9H2,1H3. The molecule has 3 rings (SSSR count). The minimum absolute atomic E-state index is 0.246. The highest BCUT2D eigenvalue weighted by Crippen LogP contribution is 2.36. The van der Waals surface area contributed by atoms with Gasteiger partial charge in [0, 0.05) is 30.4 Å². The number of nitrogens with zero attached hydrogens (tertiary/aromatic N) is 1. The SMILES string of the molecule is CNC1COc2cc(N3CCC(=C(F)F)CC3)ccc21. The van der Waals surface area contributed by atoms with Gasteiger partial charge in [-0.3, -0.25) is 0 Å². The fourth-order valence-electron chi connectivity index (χ4n) is 2.86. The lowest BCUT2D eigenvalue weighted by Crippen LogP contribution is -2.30. The Morgan fingerprint density at radius 3 is 2.70 bits per heavy atom. The van der Waals surface area contributed by atoms with Gasteiger partial charge in [0.15, 0.2) is 0 Å². The van der Waals surface area contributed by atoms with E-state index in [9.17, 15) is 8.78 Å². The highest BCUT2D eigenvalue weighted by atomic mass is 19.3. The molecule has 0 saturated carbocycles. The molecule has 1 aromatic carbocycles. The van der Waals surface area contributed by atoms with Crippen molar-refractivity contribution in [3.05, 3.63) is 35.4 Å². The van der Waals surface area contributed by atoms with Crippen LogP contribution in [-0.4, -0.2) is 26.7 Å². The van der Waals surface area contributed by atoms with E-state index in [1.807, 2.05) is 13.1 Å². The van der Waals surface area contributed by atoms with Crippen LogP contribution in [0.3, 0.4) is 0 Å². The van der Waals surface area contributed by atoms with Gasteiger partial charge in [0.05, 0.1) is 6.04 Å². The minimum atomic E-state index is -1.50. The number of fused-ring (bicyclic) bond motifs is 1. The third-order valence-electron chi connectivity index (χ3n) is 4.13. The number of rotatable bonds is 2. The van der Waals surface area contributed by atoms with Gasteiger partial charge >= 0.3 is 0 Å². The predicted octanol–water partition coefficient (Wildman–Crippen LogP) is 3.09. The summed E-state index contributed by atoms with van der Waals surface area (Å²) in [6.45, 7) is 1.93. The van der Waals surface area contributed by atoms with Crippen LogP contribution in [0, 0.1) is 0 Å². The summed E-state index contributed by atoms with van der Waals surface area (Å²) in [7, 11) is 1.92. The molecular weight excluding hydrogens is 262 g/mol. The second kappa shape index (κ2) is 5.40. The highest BCUT2D eigenvalue weighted by Gasteiger charge is 2.24. The Hall–Kier alpha value is -1.62. The number of ether oxygens (including phenoxy) is 1. The first-order valence-corrected chi connectivity index (χ1v) is 6.91. The van der Waals surface area contributed by atoms with E-state index < -0.39 is 6.08 Å². The Morgan fingerprint density at radius 1 is 1.30 bits per heavy atom. The second-order valence-electron chi connectivity index (χ2n) is 5.23. The second-order valence-corrected chi connectivity index (χ2v) is 5.23. The highest BCUT2D eigenvalue weighted by molar-refractivity contribution is 5.56. The van der Waals surface area contributed by atoms with Crippen molar-refractivity contribution >= 4 is 5.69 Å². The fraction of sp³-hybridized carbons (Fsp3) is 0.467. The summed E-state index contributed by atoms with van der Waals surface area (Å²) >= 11 is 0. The Bertz CT molecular complexity index is 531. The third kappa shape index (κ3) is 2.38. The molecule has 2 aliphatic rings. The number of hydrogen-bond acceptors (Lipinski definition) is 3. The van der Waals surface area contributed by atoms with Crippen LogP contribution in [-0.2, 0) is 0 Å². The summed E-state index contributed by atoms with van der Waals surface area (Å²) in [5.74, 6) is 0.903. The number of piperidine rings is 1. The van der Waals surface area contributed by atoms with E-state index in [2.05, 4.69) is 22.3 Å². The molecule has 1 fully saturated rings. The summed E-state index contributed by atoms with van der Waals surface area (Å²) in [6, 6.07) is 6.39.